The zero-order valence-corrected chi connectivity index (χ0v) is 15.2. The molecule has 25 heavy (non-hydrogen) atoms. The monoisotopic (exact) mass is 343 g/mol. The number of carbonyl (C=O) groups is 1. The van der Waals surface area contributed by atoms with Gasteiger partial charge in [0.1, 0.15) is 5.82 Å². The number of anilines is 2. The zero-order chi connectivity index (χ0) is 18.0. The molecule has 1 aliphatic rings. The lowest BCUT2D eigenvalue weighted by Gasteiger charge is -2.34. The molecule has 0 unspecified atom stereocenters. The van der Waals surface area contributed by atoms with E-state index in [4.69, 9.17) is 4.42 Å². The van der Waals surface area contributed by atoms with Crippen LogP contribution in [0.5, 0.6) is 0 Å². The molecule has 3 heterocycles. The lowest BCUT2D eigenvalue weighted by atomic mass is 10.1. The summed E-state index contributed by atoms with van der Waals surface area (Å²) in [5.74, 6) is 1.85. The molecule has 3 rings (SSSR count). The van der Waals surface area contributed by atoms with Crippen molar-refractivity contribution in [1.82, 2.24) is 14.9 Å². The third-order valence-electron chi connectivity index (χ3n) is 3.93. The number of hydrogen-bond acceptors (Lipinski definition) is 6. The van der Waals surface area contributed by atoms with Crippen molar-refractivity contribution in [2.45, 2.75) is 33.2 Å². The van der Waals surface area contributed by atoms with Crippen LogP contribution >= 0.6 is 0 Å². The van der Waals surface area contributed by atoms with Gasteiger partial charge < -0.3 is 19.5 Å². The Balaban J connectivity index is 1.67. The molecule has 0 spiro atoms. The standard InChI is InChI=1S/C18H25N5O2/c1-13-12-15(21-18(2,3)4)20-17(19-13)23-9-7-22(8-10-23)16(24)14-6-5-11-25-14/h5-6,11-12H,7-10H2,1-4H3,(H,19,20,21). The van der Waals surface area contributed by atoms with Crippen LogP contribution in [0.1, 0.15) is 37.0 Å². The highest BCUT2D eigenvalue weighted by molar-refractivity contribution is 5.91. The highest BCUT2D eigenvalue weighted by Gasteiger charge is 2.25. The van der Waals surface area contributed by atoms with Crippen molar-refractivity contribution in [3.8, 4) is 0 Å². The van der Waals surface area contributed by atoms with Gasteiger partial charge in [-0.3, -0.25) is 4.79 Å². The summed E-state index contributed by atoms with van der Waals surface area (Å²) in [5.41, 5.74) is 0.859. The first-order valence-corrected chi connectivity index (χ1v) is 8.53. The third kappa shape index (κ3) is 4.29. The number of carbonyl (C=O) groups excluding carboxylic acids is 1. The molecule has 1 fully saturated rings. The van der Waals surface area contributed by atoms with E-state index in [9.17, 15) is 4.79 Å². The van der Waals surface area contributed by atoms with E-state index in [-0.39, 0.29) is 11.4 Å². The molecule has 7 nitrogen and oxygen atoms in total. The number of furan rings is 1. The topological polar surface area (TPSA) is 74.5 Å². The van der Waals surface area contributed by atoms with E-state index in [1.54, 1.807) is 17.0 Å². The maximum absolute atomic E-state index is 12.3. The second-order valence-electron chi connectivity index (χ2n) is 7.33. The maximum Gasteiger partial charge on any atom is 0.289 e. The lowest BCUT2D eigenvalue weighted by Crippen LogP contribution is -2.49. The summed E-state index contributed by atoms with van der Waals surface area (Å²) in [6, 6.07) is 5.38. The molecule has 2 aromatic heterocycles. The molecule has 134 valence electrons. The molecule has 0 bridgehead atoms. The van der Waals surface area contributed by atoms with Crippen LogP contribution in [0.2, 0.25) is 0 Å². The van der Waals surface area contributed by atoms with Gasteiger partial charge in [0.05, 0.1) is 6.26 Å². The average Bonchev–Trinajstić information content (AvgIpc) is 3.06. The predicted octanol–water partition coefficient (Wildman–Crippen LogP) is 2.55. The minimum atomic E-state index is -0.0649. The van der Waals surface area contributed by atoms with Crippen molar-refractivity contribution in [2.75, 3.05) is 36.4 Å². The highest BCUT2D eigenvalue weighted by atomic mass is 16.3. The van der Waals surface area contributed by atoms with Gasteiger partial charge >= 0.3 is 0 Å². The summed E-state index contributed by atoms with van der Waals surface area (Å²) < 4.78 is 5.20. The molecule has 0 saturated carbocycles. The first-order valence-electron chi connectivity index (χ1n) is 8.53. The Labute approximate surface area is 148 Å². The highest BCUT2D eigenvalue weighted by Crippen LogP contribution is 2.19. The van der Waals surface area contributed by atoms with Gasteiger partial charge in [-0.2, -0.15) is 4.98 Å². The number of nitrogens with one attached hydrogen (secondary N) is 1. The number of hydrogen-bond donors (Lipinski definition) is 1. The number of amides is 1. The van der Waals surface area contributed by atoms with Crippen molar-refractivity contribution < 1.29 is 9.21 Å². The summed E-state index contributed by atoms with van der Waals surface area (Å²) in [6.45, 7) is 10.9. The van der Waals surface area contributed by atoms with Crippen LogP contribution in [0, 0.1) is 6.92 Å². The van der Waals surface area contributed by atoms with Gasteiger partial charge in [0.2, 0.25) is 5.95 Å². The second kappa shape index (κ2) is 6.74. The summed E-state index contributed by atoms with van der Waals surface area (Å²) in [5, 5.41) is 3.39. The fraction of sp³-hybridized carbons (Fsp3) is 0.500. The van der Waals surface area contributed by atoms with Crippen LogP contribution in [0.25, 0.3) is 0 Å². The van der Waals surface area contributed by atoms with Crippen LogP contribution in [-0.2, 0) is 0 Å². The number of rotatable bonds is 3. The minimum absolute atomic E-state index is 0.0633. The van der Waals surface area contributed by atoms with E-state index in [2.05, 4.69) is 41.0 Å². The third-order valence-corrected chi connectivity index (χ3v) is 3.93. The van der Waals surface area contributed by atoms with Gasteiger partial charge in [0.25, 0.3) is 5.91 Å². The van der Waals surface area contributed by atoms with Gasteiger partial charge in [0.15, 0.2) is 5.76 Å². The van der Waals surface area contributed by atoms with Gasteiger partial charge in [-0.1, -0.05) is 0 Å². The van der Waals surface area contributed by atoms with Gasteiger partial charge in [-0.15, -0.1) is 0 Å². The molecule has 0 aliphatic carbocycles. The molecule has 1 amide bonds. The summed E-state index contributed by atoms with van der Waals surface area (Å²) in [4.78, 5) is 25.5. The zero-order valence-electron chi connectivity index (χ0n) is 15.2. The molecule has 1 saturated heterocycles. The molecule has 0 atom stereocenters. The molecule has 0 aromatic carbocycles. The average molecular weight is 343 g/mol. The Morgan fingerprint density at radius 1 is 1.20 bits per heavy atom. The quantitative estimate of drug-likeness (QED) is 0.923. The number of piperazine rings is 1. The fourth-order valence-electron chi connectivity index (χ4n) is 2.81. The summed E-state index contributed by atoms with van der Waals surface area (Å²) in [7, 11) is 0. The van der Waals surface area contributed by atoms with Crippen LogP contribution in [-0.4, -0.2) is 52.5 Å². The van der Waals surface area contributed by atoms with E-state index in [1.807, 2.05) is 13.0 Å². The molecule has 1 N–H and O–H groups in total. The summed E-state index contributed by atoms with van der Waals surface area (Å²) in [6.07, 6.45) is 1.52. The Kier molecular flexibility index (Phi) is 4.65. The number of aryl methyl sites for hydroxylation is 1. The largest absolute Gasteiger partial charge is 0.459 e. The number of aromatic nitrogens is 2. The van der Waals surface area contributed by atoms with Crippen molar-refractivity contribution >= 4 is 17.7 Å². The van der Waals surface area contributed by atoms with E-state index in [1.165, 1.54) is 6.26 Å². The van der Waals surface area contributed by atoms with Crippen LogP contribution in [0.15, 0.2) is 28.9 Å². The first kappa shape index (κ1) is 17.3. The van der Waals surface area contributed by atoms with E-state index in [0.717, 1.165) is 11.5 Å². The van der Waals surface area contributed by atoms with Gasteiger partial charge in [-0.25, -0.2) is 4.98 Å². The van der Waals surface area contributed by atoms with E-state index < -0.39 is 0 Å². The SMILES string of the molecule is Cc1cc(NC(C)(C)C)nc(N2CCN(C(=O)c3ccco3)CC2)n1. The predicted molar refractivity (Wildman–Crippen MR) is 97.0 cm³/mol. The smallest absolute Gasteiger partial charge is 0.289 e. The van der Waals surface area contributed by atoms with Crippen molar-refractivity contribution in [3.05, 3.63) is 35.9 Å². The van der Waals surface area contributed by atoms with Crippen molar-refractivity contribution in [2.24, 2.45) is 0 Å². The van der Waals surface area contributed by atoms with E-state index in [0.29, 0.717) is 37.9 Å². The maximum atomic E-state index is 12.3. The molecular weight excluding hydrogens is 318 g/mol. The van der Waals surface area contributed by atoms with Gasteiger partial charge in [-0.05, 0) is 39.8 Å². The Morgan fingerprint density at radius 2 is 1.92 bits per heavy atom. The lowest BCUT2D eigenvalue weighted by molar-refractivity contribution is 0.0714. The van der Waals surface area contributed by atoms with Crippen molar-refractivity contribution in [1.29, 1.82) is 0 Å². The Hall–Kier alpha value is -2.57. The summed E-state index contributed by atoms with van der Waals surface area (Å²) >= 11 is 0. The molecule has 0 radical (unpaired) electrons. The number of nitrogens with zero attached hydrogens (tertiary/aromatic N) is 4. The molecule has 1 aliphatic heterocycles. The second-order valence-corrected chi connectivity index (χ2v) is 7.33. The molecule has 2 aromatic rings. The van der Waals surface area contributed by atoms with Crippen LogP contribution in [0.3, 0.4) is 0 Å². The van der Waals surface area contributed by atoms with E-state index >= 15 is 0 Å². The normalized spacial score (nSPS) is 15.4. The molecular formula is C18H25N5O2. The first-order chi connectivity index (χ1) is 11.8. The van der Waals surface area contributed by atoms with Crippen LogP contribution in [0.4, 0.5) is 11.8 Å². The van der Waals surface area contributed by atoms with Crippen LogP contribution < -0.4 is 10.2 Å². The minimum Gasteiger partial charge on any atom is -0.459 e. The Bertz CT molecular complexity index is 728. The fourth-order valence-corrected chi connectivity index (χ4v) is 2.81. The van der Waals surface area contributed by atoms with Crippen molar-refractivity contribution in [3.63, 3.8) is 0 Å². The van der Waals surface area contributed by atoms with Gasteiger partial charge in [0, 0.05) is 43.5 Å². The molecule has 7 heteroatoms. The Morgan fingerprint density at radius 3 is 2.52 bits per heavy atom.